The number of benzene rings is 2. The van der Waals surface area contributed by atoms with E-state index < -0.39 is 0 Å². The van der Waals surface area contributed by atoms with Gasteiger partial charge in [0.25, 0.3) is 11.1 Å². The first-order valence-electron chi connectivity index (χ1n) is 9.37. The molecule has 2 aromatic carbocycles. The highest BCUT2D eigenvalue weighted by Crippen LogP contribution is 2.35. The number of aryl methyl sites for hydroxylation is 1. The van der Waals surface area contributed by atoms with Gasteiger partial charge in [-0.1, -0.05) is 35.9 Å². The van der Waals surface area contributed by atoms with Gasteiger partial charge < -0.3 is 4.90 Å². The molecule has 2 aromatic rings. The molecule has 0 radical (unpaired) electrons. The fraction of sp³-hybridized carbons (Fsp3) is 0.273. The van der Waals surface area contributed by atoms with Crippen molar-refractivity contribution >= 4 is 46.3 Å². The van der Waals surface area contributed by atoms with Crippen LogP contribution in [-0.2, 0) is 11.3 Å². The van der Waals surface area contributed by atoms with Crippen LogP contribution in [-0.4, -0.2) is 29.1 Å². The van der Waals surface area contributed by atoms with Crippen molar-refractivity contribution < 1.29 is 9.59 Å². The van der Waals surface area contributed by atoms with Gasteiger partial charge in [-0.2, -0.15) is 0 Å². The number of carbonyl (C=O) groups excluding carboxylic acids is 2. The van der Waals surface area contributed by atoms with Crippen LogP contribution >= 0.6 is 23.4 Å². The molecule has 2 heterocycles. The number of hydrogen-bond donors (Lipinski definition) is 0. The molecule has 0 spiro atoms. The van der Waals surface area contributed by atoms with Gasteiger partial charge >= 0.3 is 0 Å². The molecule has 2 aliphatic rings. The minimum atomic E-state index is -0.266. The number of nitrogens with zero attached hydrogens (tertiary/aromatic N) is 2. The Kier molecular flexibility index (Phi) is 5.47. The van der Waals surface area contributed by atoms with Gasteiger partial charge in [0.15, 0.2) is 0 Å². The Bertz CT molecular complexity index is 967. The number of imide groups is 1. The molecule has 2 amide bonds. The molecule has 2 aliphatic heterocycles. The molecule has 0 N–H and O–H groups in total. The summed E-state index contributed by atoms with van der Waals surface area (Å²) >= 11 is 7.16. The SMILES string of the molecule is Cc1cc(N2CCCC2)ccc1/C=C1\SC(=O)N(Cc2ccccc2Cl)C1=O. The van der Waals surface area contributed by atoms with E-state index in [2.05, 4.69) is 17.0 Å². The quantitative estimate of drug-likeness (QED) is 0.623. The van der Waals surface area contributed by atoms with Crippen molar-refractivity contribution in [2.45, 2.75) is 26.3 Å². The van der Waals surface area contributed by atoms with Gasteiger partial charge in [-0.05, 0) is 72.5 Å². The van der Waals surface area contributed by atoms with Gasteiger partial charge in [0.05, 0.1) is 11.4 Å². The average Bonchev–Trinajstić information content (AvgIpc) is 3.30. The van der Waals surface area contributed by atoms with E-state index in [1.807, 2.05) is 37.3 Å². The van der Waals surface area contributed by atoms with Gasteiger partial charge in [0.1, 0.15) is 0 Å². The maximum absolute atomic E-state index is 12.8. The van der Waals surface area contributed by atoms with Crippen molar-refractivity contribution in [1.82, 2.24) is 4.90 Å². The maximum Gasteiger partial charge on any atom is 0.293 e. The summed E-state index contributed by atoms with van der Waals surface area (Å²) in [6.45, 7) is 4.42. The van der Waals surface area contributed by atoms with Crippen LogP contribution in [0.2, 0.25) is 5.02 Å². The van der Waals surface area contributed by atoms with Crippen LogP contribution in [0.5, 0.6) is 0 Å². The van der Waals surface area contributed by atoms with Crippen molar-refractivity contribution in [3.05, 3.63) is 69.1 Å². The topological polar surface area (TPSA) is 40.6 Å². The van der Waals surface area contributed by atoms with E-state index in [1.54, 1.807) is 6.07 Å². The molecule has 0 aliphatic carbocycles. The van der Waals surface area contributed by atoms with Gasteiger partial charge in [0, 0.05) is 23.8 Å². The number of amides is 2. The second-order valence-electron chi connectivity index (χ2n) is 7.09. The number of thioether (sulfide) groups is 1. The van der Waals surface area contributed by atoms with Crippen LogP contribution in [0.4, 0.5) is 10.5 Å². The zero-order valence-electron chi connectivity index (χ0n) is 15.7. The average molecular weight is 413 g/mol. The van der Waals surface area contributed by atoms with E-state index in [0.717, 1.165) is 41.5 Å². The highest BCUT2D eigenvalue weighted by atomic mass is 35.5. The Balaban J connectivity index is 1.54. The van der Waals surface area contributed by atoms with E-state index in [0.29, 0.717) is 9.93 Å². The Labute approximate surface area is 174 Å². The van der Waals surface area contributed by atoms with Crippen LogP contribution in [0.15, 0.2) is 47.4 Å². The summed E-state index contributed by atoms with van der Waals surface area (Å²) in [6, 6.07) is 13.6. The van der Waals surface area contributed by atoms with Crippen molar-refractivity contribution in [2.24, 2.45) is 0 Å². The predicted octanol–water partition coefficient (Wildman–Crippen LogP) is 5.49. The van der Waals surface area contributed by atoms with Gasteiger partial charge in [-0.3, -0.25) is 14.5 Å². The van der Waals surface area contributed by atoms with Crippen LogP contribution in [0, 0.1) is 6.92 Å². The molecule has 0 saturated carbocycles. The zero-order valence-corrected chi connectivity index (χ0v) is 17.2. The van der Waals surface area contributed by atoms with E-state index in [1.165, 1.54) is 23.4 Å². The molecule has 0 bridgehead atoms. The zero-order chi connectivity index (χ0) is 19.7. The molecular weight excluding hydrogens is 392 g/mol. The number of halogens is 1. The van der Waals surface area contributed by atoms with Crippen molar-refractivity contribution in [2.75, 3.05) is 18.0 Å². The Morgan fingerprint density at radius 3 is 2.57 bits per heavy atom. The third-order valence-electron chi connectivity index (χ3n) is 5.17. The van der Waals surface area contributed by atoms with Gasteiger partial charge in [0.2, 0.25) is 0 Å². The molecule has 0 unspecified atom stereocenters. The molecule has 4 nitrogen and oxygen atoms in total. The molecule has 2 fully saturated rings. The summed E-state index contributed by atoms with van der Waals surface area (Å²) in [5.41, 5.74) is 4.05. The fourth-order valence-electron chi connectivity index (χ4n) is 3.57. The smallest absolute Gasteiger partial charge is 0.293 e. The third kappa shape index (κ3) is 3.82. The Hall–Kier alpha value is -2.24. The second-order valence-corrected chi connectivity index (χ2v) is 8.49. The normalized spacial score (nSPS) is 18.6. The lowest BCUT2D eigenvalue weighted by atomic mass is 10.1. The molecule has 0 aromatic heterocycles. The van der Waals surface area contributed by atoms with Crippen molar-refractivity contribution in [1.29, 1.82) is 0 Å². The lowest BCUT2D eigenvalue weighted by Crippen LogP contribution is -2.27. The highest BCUT2D eigenvalue weighted by Gasteiger charge is 2.35. The maximum atomic E-state index is 12.8. The Morgan fingerprint density at radius 1 is 1.11 bits per heavy atom. The first-order valence-corrected chi connectivity index (χ1v) is 10.6. The predicted molar refractivity (Wildman–Crippen MR) is 116 cm³/mol. The molecule has 2 saturated heterocycles. The minimum Gasteiger partial charge on any atom is -0.372 e. The molecular formula is C22H21ClN2O2S. The van der Waals surface area contributed by atoms with E-state index in [4.69, 9.17) is 11.6 Å². The summed E-state index contributed by atoms with van der Waals surface area (Å²) in [5.74, 6) is -0.266. The van der Waals surface area contributed by atoms with Gasteiger partial charge in [-0.15, -0.1) is 0 Å². The largest absolute Gasteiger partial charge is 0.372 e. The highest BCUT2D eigenvalue weighted by molar-refractivity contribution is 8.18. The molecule has 28 heavy (non-hydrogen) atoms. The Morgan fingerprint density at radius 2 is 1.86 bits per heavy atom. The summed E-state index contributed by atoms with van der Waals surface area (Å²) < 4.78 is 0. The first kappa shape index (κ1) is 19.1. The minimum absolute atomic E-state index is 0.189. The molecule has 144 valence electrons. The van der Waals surface area contributed by atoms with Crippen molar-refractivity contribution in [3.63, 3.8) is 0 Å². The number of carbonyl (C=O) groups is 2. The summed E-state index contributed by atoms with van der Waals surface area (Å²) in [4.78, 5) is 29.3. The van der Waals surface area contributed by atoms with E-state index in [9.17, 15) is 9.59 Å². The molecule has 0 atom stereocenters. The van der Waals surface area contributed by atoms with Crippen LogP contribution in [0.1, 0.15) is 29.5 Å². The number of hydrogen-bond acceptors (Lipinski definition) is 4. The van der Waals surface area contributed by atoms with E-state index in [-0.39, 0.29) is 17.7 Å². The number of rotatable bonds is 4. The van der Waals surface area contributed by atoms with Crippen LogP contribution in [0.3, 0.4) is 0 Å². The molecule has 6 heteroatoms. The fourth-order valence-corrected chi connectivity index (χ4v) is 4.59. The third-order valence-corrected chi connectivity index (χ3v) is 6.45. The summed E-state index contributed by atoms with van der Waals surface area (Å²) in [7, 11) is 0. The van der Waals surface area contributed by atoms with Crippen LogP contribution in [0.25, 0.3) is 6.08 Å². The van der Waals surface area contributed by atoms with Crippen molar-refractivity contribution in [3.8, 4) is 0 Å². The summed E-state index contributed by atoms with van der Waals surface area (Å²) in [5, 5.41) is 0.293. The van der Waals surface area contributed by atoms with Gasteiger partial charge in [-0.25, -0.2) is 0 Å². The monoisotopic (exact) mass is 412 g/mol. The first-order chi connectivity index (χ1) is 13.5. The summed E-state index contributed by atoms with van der Waals surface area (Å²) in [6.07, 6.45) is 4.29. The number of anilines is 1. The molecule has 4 rings (SSSR count). The van der Waals surface area contributed by atoms with E-state index >= 15 is 0 Å². The van der Waals surface area contributed by atoms with Crippen LogP contribution < -0.4 is 4.90 Å². The lowest BCUT2D eigenvalue weighted by molar-refractivity contribution is -0.123. The standard InChI is InChI=1S/C22H21ClN2O2S/c1-15-12-18(24-10-4-5-11-24)9-8-16(15)13-20-21(26)25(22(27)28-20)14-17-6-2-3-7-19(17)23/h2-3,6-9,12-13H,4-5,10-11,14H2,1H3/b20-13-. The lowest BCUT2D eigenvalue weighted by Gasteiger charge is -2.18. The second kappa shape index (κ2) is 8.02.